The zero-order valence-corrected chi connectivity index (χ0v) is 21.0. The van der Waals surface area contributed by atoms with E-state index >= 15 is 0 Å². The number of rotatable bonds is 15. The highest BCUT2D eigenvalue weighted by Crippen LogP contribution is 2.17. The first-order valence-electron chi connectivity index (χ1n) is 9.21. The van der Waals surface area contributed by atoms with Crippen LogP contribution in [0, 0.1) is 0 Å². The molecule has 0 saturated heterocycles. The molecular formula is C16H40N2O4Si3. The summed E-state index contributed by atoms with van der Waals surface area (Å²) in [5, 5.41) is 3.59. The average Bonchev–Trinajstić information content (AvgIpc) is 2.65. The monoisotopic (exact) mass is 408 g/mol. The van der Waals surface area contributed by atoms with Gasteiger partial charge in [-0.15, -0.1) is 0 Å². The maximum Gasteiger partial charge on any atom is 0.361 e. The zero-order chi connectivity index (χ0) is 19.3. The summed E-state index contributed by atoms with van der Waals surface area (Å²) in [5.74, 6) is 0. The topological polar surface area (TPSA) is 52.2 Å². The molecule has 0 heterocycles. The van der Waals surface area contributed by atoms with E-state index < -0.39 is 26.6 Å². The number of nitrogens with zero attached hydrogens (tertiary/aromatic N) is 1. The summed E-state index contributed by atoms with van der Waals surface area (Å²) in [7, 11) is 2.43. The highest BCUT2D eigenvalue weighted by Gasteiger charge is 2.34. The normalized spacial score (nSPS) is 13.8. The maximum atomic E-state index is 5.79. The second-order valence-electron chi connectivity index (χ2n) is 6.38. The Hall–Kier alpha value is -0.00935. The van der Waals surface area contributed by atoms with Crippen LogP contribution in [-0.4, -0.2) is 85.8 Å². The smallest absolute Gasteiger partial charge is 0.361 e. The van der Waals surface area contributed by atoms with Gasteiger partial charge >= 0.3 is 17.1 Å². The van der Waals surface area contributed by atoms with Gasteiger partial charge in [0.05, 0.1) is 9.52 Å². The fraction of sp³-hybridized carbons (Fsp3) is 0.875. The summed E-state index contributed by atoms with van der Waals surface area (Å²) in [6, 6.07) is 1.01. The van der Waals surface area contributed by atoms with Gasteiger partial charge in [0, 0.05) is 41.5 Å². The number of hydrogen-bond acceptors (Lipinski definition) is 6. The van der Waals surface area contributed by atoms with Crippen LogP contribution in [0.3, 0.4) is 0 Å². The molecule has 0 bridgehead atoms. The van der Waals surface area contributed by atoms with Crippen molar-refractivity contribution in [1.29, 1.82) is 0 Å². The van der Waals surface area contributed by atoms with Gasteiger partial charge < -0.3 is 27.9 Å². The van der Waals surface area contributed by atoms with E-state index in [1.165, 1.54) is 4.82 Å². The van der Waals surface area contributed by atoms with Gasteiger partial charge in [-0.25, -0.2) is 0 Å². The Bertz CT molecular complexity index is 374. The van der Waals surface area contributed by atoms with Gasteiger partial charge in [-0.1, -0.05) is 0 Å². The first kappa shape index (κ1) is 25.0. The molecule has 0 aromatic heterocycles. The highest BCUT2D eigenvalue weighted by molar-refractivity contribution is 6.86. The largest absolute Gasteiger partial charge is 0.398 e. The van der Waals surface area contributed by atoms with Crippen LogP contribution in [0.25, 0.3) is 0 Å². The van der Waals surface area contributed by atoms with E-state index in [9.17, 15) is 0 Å². The van der Waals surface area contributed by atoms with E-state index in [1.54, 1.807) is 28.4 Å². The predicted molar refractivity (Wildman–Crippen MR) is 113 cm³/mol. The molecule has 0 aromatic carbocycles. The molecule has 0 aromatic rings. The quantitative estimate of drug-likeness (QED) is 0.328. The molecule has 1 N–H and O–H groups in total. The maximum absolute atomic E-state index is 5.79. The molecule has 6 nitrogen and oxygen atoms in total. The van der Waals surface area contributed by atoms with Crippen LogP contribution in [0.4, 0.5) is 0 Å². The molecule has 0 amide bonds. The minimum atomic E-state index is -2.22. The molecule has 0 aliphatic carbocycles. The fourth-order valence-electron chi connectivity index (χ4n) is 2.55. The SMILES string of the molecule is CCN(C=C([SiH2]CNCCC[Si](C)(OC)OC)[Si](C)(OC)OC)CC. The van der Waals surface area contributed by atoms with Crippen molar-refractivity contribution < 1.29 is 17.7 Å². The van der Waals surface area contributed by atoms with Gasteiger partial charge in [0.15, 0.2) is 0 Å². The van der Waals surface area contributed by atoms with Crippen LogP contribution in [0.2, 0.25) is 19.1 Å². The summed E-state index contributed by atoms with van der Waals surface area (Å²) in [6.07, 6.45) is 4.44. The Kier molecular flexibility index (Phi) is 13.2. The molecule has 0 saturated carbocycles. The minimum absolute atomic E-state index is 0.466. The van der Waals surface area contributed by atoms with Crippen LogP contribution >= 0.6 is 0 Å². The van der Waals surface area contributed by atoms with E-state index in [0.717, 1.165) is 38.3 Å². The first-order valence-corrected chi connectivity index (χ1v) is 15.8. The molecular weight excluding hydrogens is 368 g/mol. The lowest BCUT2D eigenvalue weighted by atomic mass is 10.5. The van der Waals surface area contributed by atoms with E-state index in [0.29, 0.717) is 0 Å². The molecule has 9 heteroatoms. The molecule has 25 heavy (non-hydrogen) atoms. The van der Waals surface area contributed by atoms with Crippen LogP contribution in [0.1, 0.15) is 20.3 Å². The van der Waals surface area contributed by atoms with Gasteiger partial charge in [0.25, 0.3) is 0 Å². The average molecular weight is 409 g/mol. The van der Waals surface area contributed by atoms with E-state index in [1.807, 2.05) is 0 Å². The van der Waals surface area contributed by atoms with E-state index in [-0.39, 0.29) is 0 Å². The number of nitrogens with one attached hydrogen (secondary N) is 1. The van der Waals surface area contributed by atoms with Crippen LogP contribution in [0.15, 0.2) is 11.0 Å². The second-order valence-corrected chi connectivity index (χ2v) is 15.8. The third-order valence-electron chi connectivity index (χ3n) is 4.93. The Labute approximate surface area is 159 Å². The molecule has 0 atom stereocenters. The Morgan fingerprint density at radius 3 is 2.00 bits per heavy atom. The van der Waals surface area contributed by atoms with Crippen molar-refractivity contribution >= 4 is 26.6 Å². The molecule has 0 rings (SSSR count). The summed E-state index contributed by atoms with van der Waals surface area (Å²) < 4.78 is 22.6. The van der Waals surface area contributed by atoms with Gasteiger partial charge in [-0.2, -0.15) is 0 Å². The molecule has 0 aliphatic rings. The molecule has 0 fully saturated rings. The van der Waals surface area contributed by atoms with Gasteiger partial charge in [0.1, 0.15) is 0 Å². The molecule has 150 valence electrons. The first-order chi connectivity index (χ1) is 11.8. The summed E-state index contributed by atoms with van der Waals surface area (Å²) in [6.45, 7) is 11.6. The van der Waals surface area contributed by atoms with Crippen molar-refractivity contribution in [2.45, 2.75) is 39.4 Å². The highest BCUT2D eigenvalue weighted by atomic mass is 28.4. The fourth-order valence-corrected chi connectivity index (χ4v) is 9.19. The Morgan fingerprint density at radius 2 is 1.56 bits per heavy atom. The van der Waals surface area contributed by atoms with Crippen molar-refractivity contribution in [3.63, 3.8) is 0 Å². The van der Waals surface area contributed by atoms with Crippen molar-refractivity contribution in [1.82, 2.24) is 10.2 Å². The molecule has 0 unspecified atom stereocenters. The molecule has 0 radical (unpaired) electrons. The van der Waals surface area contributed by atoms with Crippen molar-refractivity contribution in [2.24, 2.45) is 0 Å². The van der Waals surface area contributed by atoms with Crippen LogP contribution in [-0.2, 0) is 17.7 Å². The molecule has 0 spiro atoms. The summed E-state index contributed by atoms with van der Waals surface area (Å²) >= 11 is 0. The Morgan fingerprint density at radius 1 is 1.00 bits per heavy atom. The van der Waals surface area contributed by atoms with Gasteiger partial charge in [-0.3, -0.25) is 0 Å². The van der Waals surface area contributed by atoms with Gasteiger partial charge in [0.2, 0.25) is 0 Å². The van der Waals surface area contributed by atoms with Crippen LogP contribution in [0.5, 0.6) is 0 Å². The number of hydrogen-bond donors (Lipinski definition) is 1. The zero-order valence-electron chi connectivity index (χ0n) is 17.6. The standard InChI is InChI=1S/C16H40N2O4Si3/c1-9-18(10-2)14-16(25(8,21-5)22-6)23-15-17-12-11-13-24(7,19-3)20-4/h14,17H,9-13,15,23H2,1-8H3. The summed E-state index contributed by atoms with van der Waals surface area (Å²) in [5.41, 5.74) is 0. The predicted octanol–water partition coefficient (Wildman–Crippen LogP) is 1.54. The van der Waals surface area contributed by atoms with Crippen LogP contribution < -0.4 is 5.32 Å². The lowest BCUT2D eigenvalue weighted by Gasteiger charge is -2.28. The van der Waals surface area contributed by atoms with Gasteiger partial charge in [-0.05, 0) is 63.1 Å². The third kappa shape index (κ3) is 8.96. The van der Waals surface area contributed by atoms with E-state index in [2.05, 4.69) is 43.4 Å². The lowest BCUT2D eigenvalue weighted by molar-refractivity contribution is 0.248. The third-order valence-corrected chi connectivity index (χ3v) is 14.8. The summed E-state index contributed by atoms with van der Waals surface area (Å²) in [4.78, 5) is 3.75. The van der Waals surface area contributed by atoms with Crippen molar-refractivity contribution in [2.75, 3.05) is 54.2 Å². The van der Waals surface area contributed by atoms with Crippen molar-refractivity contribution in [3.05, 3.63) is 11.0 Å². The lowest BCUT2D eigenvalue weighted by Crippen LogP contribution is -2.44. The second kappa shape index (κ2) is 13.2. The molecule has 0 aliphatic heterocycles. The Balaban J connectivity index is 4.55. The minimum Gasteiger partial charge on any atom is -0.398 e. The van der Waals surface area contributed by atoms with E-state index in [4.69, 9.17) is 17.7 Å². The van der Waals surface area contributed by atoms with Crippen molar-refractivity contribution in [3.8, 4) is 0 Å².